The van der Waals surface area contributed by atoms with Gasteiger partial charge in [-0.2, -0.15) is 0 Å². The van der Waals surface area contributed by atoms with E-state index in [9.17, 15) is 9.18 Å². The molecule has 0 aliphatic carbocycles. The van der Waals surface area contributed by atoms with Crippen LogP contribution in [0.2, 0.25) is 5.02 Å². The summed E-state index contributed by atoms with van der Waals surface area (Å²) in [7, 11) is 3.11. The lowest BCUT2D eigenvalue weighted by Gasteiger charge is -2.16. The van der Waals surface area contributed by atoms with Gasteiger partial charge in [0.25, 0.3) is 0 Å². The fourth-order valence-corrected chi connectivity index (χ4v) is 2.47. The molecule has 7 heteroatoms. The topological polar surface area (TPSA) is 59.6 Å². The van der Waals surface area contributed by atoms with Gasteiger partial charge in [-0.1, -0.05) is 23.7 Å². The predicted octanol–water partition coefficient (Wildman–Crippen LogP) is 4.06. The van der Waals surface area contributed by atoms with E-state index in [1.807, 2.05) is 6.07 Å². The molecule has 0 aromatic heterocycles. The van der Waals surface area contributed by atoms with Crippen LogP contribution in [-0.4, -0.2) is 20.3 Å². The van der Waals surface area contributed by atoms with Crippen molar-refractivity contribution in [3.8, 4) is 11.5 Å². The third-order valence-electron chi connectivity index (χ3n) is 3.69. The molecule has 1 atom stereocenters. The number of methoxy groups -OCH3 is 2. The Kier molecular flexibility index (Phi) is 6.47. The zero-order valence-corrected chi connectivity index (χ0v) is 15.0. The van der Waals surface area contributed by atoms with Gasteiger partial charge in [0.1, 0.15) is 5.82 Å². The maximum Gasteiger partial charge on any atom is 0.315 e. The molecule has 134 valence electrons. The fourth-order valence-electron chi connectivity index (χ4n) is 2.29. The van der Waals surface area contributed by atoms with Gasteiger partial charge in [0.15, 0.2) is 11.5 Å². The van der Waals surface area contributed by atoms with E-state index in [0.29, 0.717) is 23.6 Å². The van der Waals surface area contributed by atoms with Crippen molar-refractivity contribution in [3.63, 3.8) is 0 Å². The van der Waals surface area contributed by atoms with Crippen molar-refractivity contribution in [2.45, 2.75) is 19.5 Å². The monoisotopic (exact) mass is 366 g/mol. The summed E-state index contributed by atoms with van der Waals surface area (Å²) >= 11 is 5.76. The molecule has 1 unspecified atom stereocenters. The van der Waals surface area contributed by atoms with Gasteiger partial charge < -0.3 is 20.1 Å². The molecule has 2 aromatic carbocycles. The second kappa shape index (κ2) is 8.58. The zero-order valence-electron chi connectivity index (χ0n) is 14.2. The number of carbonyl (C=O) groups is 1. The number of hydrogen-bond acceptors (Lipinski definition) is 3. The van der Waals surface area contributed by atoms with Gasteiger partial charge in [-0.05, 0) is 42.3 Å². The molecule has 0 heterocycles. The third-order valence-corrected chi connectivity index (χ3v) is 3.98. The molecular formula is C18H20ClFN2O3. The summed E-state index contributed by atoms with van der Waals surface area (Å²) in [4.78, 5) is 12.0. The average molecular weight is 367 g/mol. The largest absolute Gasteiger partial charge is 0.493 e. The highest BCUT2D eigenvalue weighted by atomic mass is 35.5. The van der Waals surface area contributed by atoms with Crippen molar-refractivity contribution < 1.29 is 18.7 Å². The lowest BCUT2D eigenvalue weighted by molar-refractivity contribution is 0.237. The van der Waals surface area contributed by atoms with Crippen molar-refractivity contribution in [1.29, 1.82) is 0 Å². The average Bonchev–Trinajstić information content (AvgIpc) is 2.61. The number of urea groups is 1. The highest BCUT2D eigenvalue weighted by Gasteiger charge is 2.12. The Hall–Kier alpha value is -2.47. The van der Waals surface area contributed by atoms with Gasteiger partial charge in [0, 0.05) is 6.54 Å². The number of benzene rings is 2. The van der Waals surface area contributed by atoms with Crippen molar-refractivity contribution in [1.82, 2.24) is 10.6 Å². The van der Waals surface area contributed by atoms with Gasteiger partial charge in [-0.3, -0.25) is 0 Å². The highest BCUT2D eigenvalue weighted by molar-refractivity contribution is 6.30. The Balaban J connectivity index is 1.93. The number of ether oxygens (including phenoxy) is 2. The van der Waals surface area contributed by atoms with Gasteiger partial charge in [-0.25, -0.2) is 9.18 Å². The lowest BCUT2D eigenvalue weighted by atomic mass is 10.1. The first-order valence-corrected chi connectivity index (χ1v) is 8.02. The maximum absolute atomic E-state index is 13.2. The molecule has 0 spiro atoms. The number of carbonyl (C=O) groups excluding carboxylic acids is 1. The molecule has 0 aliphatic heterocycles. The van der Waals surface area contributed by atoms with E-state index in [2.05, 4.69) is 10.6 Å². The van der Waals surface area contributed by atoms with Crippen molar-refractivity contribution in [2.75, 3.05) is 14.2 Å². The van der Waals surface area contributed by atoms with Crippen LogP contribution in [0.3, 0.4) is 0 Å². The number of hydrogen-bond donors (Lipinski definition) is 2. The van der Waals surface area contributed by atoms with E-state index in [0.717, 1.165) is 5.56 Å². The Bertz CT molecular complexity index is 755. The smallest absolute Gasteiger partial charge is 0.315 e. The second-order valence-electron chi connectivity index (χ2n) is 5.41. The maximum atomic E-state index is 13.2. The van der Waals surface area contributed by atoms with Crippen molar-refractivity contribution in [2.24, 2.45) is 0 Å². The normalized spacial score (nSPS) is 11.6. The highest BCUT2D eigenvalue weighted by Crippen LogP contribution is 2.27. The standard InChI is InChI=1S/C18H20ClFN2O3/c1-11(13-5-6-15(20)14(19)9-13)22-18(23)21-10-12-4-7-16(24-2)17(8-12)25-3/h4-9,11H,10H2,1-3H3,(H2,21,22,23). The van der Waals surface area contributed by atoms with Gasteiger partial charge in [0.2, 0.25) is 0 Å². The first-order valence-electron chi connectivity index (χ1n) is 7.64. The van der Waals surface area contributed by atoms with E-state index in [4.69, 9.17) is 21.1 Å². The summed E-state index contributed by atoms with van der Waals surface area (Å²) in [6, 6.07) is 9.10. The van der Waals surface area contributed by atoms with Crippen LogP contribution in [0.4, 0.5) is 9.18 Å². The minimum absolute atomic E-state index is 0.0249. The summed E-state index contributed by atoms with van der Waals surface area (Å²) in [5.41, 5.74) is 1.58. The quantitative estimate of drug-likeness (QED) is 0.810. The Labute approximate surface area is 151 Å². The van der Waals surface area contributed by atoms with E-state index in [-0.39, 0.29) is 17.1 Å². The van der Waals surface area contributed by atoms with E-state index in [1.54, 1.807) is 39.3 Å². The molecule has 0 saturated carbocycles. The van der Waals surface area contributed by atoms with Gasteiger partial charge in [0.05, 0.1) is 25.3 Å². The van der Waals surface area contributed by atoms with Crippen LogP contribution < -0.4 is 20.1 Å². The van der Waals surface area contributed by atoms with Crippen LogP contribution in [0.1, 0.15) is 24.1 Å². The molecule has 5 nitrogen and oxygen atoms in total. The van der Waals surface area contributed by atoms with Crippen LogP contribution in [-0.2, 0) is 6.54 Å². The predicted molar refractivity (Wildman–Crippen MR) is 94.7 cm³/mol. The molecule has 2 rings (SSSR count). The summed E-state index contributed by atoms with van der Waals surface area (Å²) < 4.78 is 23.6. The summed E-state index contributed by atoms with van der Waals surface area (Å²) in [5, 5.41) is 5.56. The SMILES string of the molecule is COc1ccc(CNC(=O)NC(C)c2ccc(F)c(Cl)c2)cc1OC. The van der Waals surface area contributed by atoms with Gasteiger partial charge in [-0.15, -0.1) is 0 Å². The molecule has 2 amide bonds. The van der Waals surface area contributed by atoms with E-state index < -0.39 is 5.82 Å². The minimum Gasteiger partial charge on any atom is -0.493 e. The zero-order chi connectivity index (χ0) is 18.4. The Morgan fingerprint density at radius 1 is 1.16 bits per heavy atom. The minimum atomic E-state index is -0.490. The molecule has 0 radical (unpaired) electrons. The first-order chi connectivity index (χ1) is 11.9. The Morgan fingerprint density at radius 3 is 2.52 bits per heavy atom. The van der Waals surface area contributed by atoms with Crippen LogP contribution in [0.25, 0.3) is 0 Å². The van der Waals surface area contributed by atoms with Gasteiger partial charge >= 0.3 is 6.03 Å². The van der Waals surface area contributed by atoms with E-state index in [1.165, 1.54) is 12.1 Å². The molecule has 0 fully saturated rings. The molecule has 0 saturated heterocycles. The lowest BCUT2D eigenvalue weighted by Crippen LogP contribution is -2.36. The number of nitrogens with one attached hydrogen (secondary N) is 2. The fraction of sp³-hybridized carbons (Fsp3) is 0.278. The second-order valence-corrected chi connectivity index (χ2v) is 5.82. The molecule has 0 aliphatic rings. The molecule has 2 aromatic rings. The Morgan fingerprint density at radius 2 is 1.88 bits per heavy atom. The van der Waals surface area contributed by atoms with Crippen LogP contribution in [0, 0.1) is 5.82 Å². The van der Waals surface area contributed by atoms with E-state index >= 15 is 0 Å². The van der Waals surface area contributed by atoms with Crippen LogP contribution >= 0.6 is 11.6 Å². The van der Waals surface area contributed by atoms with Crippen LogP contribution in [0.15, 0.2) is 36.4 Å². The third kappa shape index (κ3) is 5.00. The summed E-state index contributed by atoms with van der Waals surface area (Å²) in [6.45, 7) is 2.11. The number of rotatable bonds is 6. The number of halogens is 2. The molecule has 2 N–H and O–H groups in total. The van der Waals surface area contributed by atoms with Crippen LogP contribution in [0.5, 0.6) is 11.5 Å². The first kappa shape index (κ1) is 18.9. The molecule has 25 heavy (non-hydrogen) atoms. The summed E-state index contributed by atoms with van der Waals surface area (Å²) in [5.74, 6) is 0.726. The van der Waals surface area contributed by atoms with Crippen molar-refractivity contribution >= 4 is 17.6 Å². The number of amides is 2. The van der Waals surface area contributed by atoms with Crippen molar-refractivity contribution in [3.05, 3.63) is 58.4 Å². The molecule has 0 bridgehead atoms. The molecular weight excluding hydrogens is 347 g/mol. The summed E-state index contributed by atoms with van der Waals surface area (Å²) in [6.07, 6.45) is 0.